The van der Waals surface area contributed by atoms with Gasteiger partial charge in [-0.1, -0.05) is 29.8 Å². The number of thioether (sulfide) groups is 1. The van der Waals surface area contributed by atoms with E-state index in [1.54, 1.807) is 12.1 Å². The van der Waals surface area contributed by atoms with E-state index in [1.807, 2.05) is 5.38 Å². The SMILES string of the molecule is Cc1cc(C)c(-c2csc(NC(=O)CSCC(=O)Nc3ccccc3F)n2)c(C)c1. The van der Waals surface area contributed by atoms with E-state index in [-0.39, 0.29) is 29.0 Å². The van der Waals surface area contributed by atoms with Gasteiger partial charge in [0.2, 0.25) is 11.8 Å². The van der Waals surface area contributed by atoms with E-state index in [0.29, 0.717) is 5.13 Å². The van der Waals surface area contributed by atoms with Crippen molar-refractivity contribution in [1.29, 1.82) is 0 Å². The van der Waals surface area contributed by atoms with Crippen LogP contribution in [0.2, 0.25) is 0 Å². The maximum Gasteiger partial charge on any atom is 0.236 e. The van der Waals surface area contributed by atoms with E-state index in [4.69, 9.17) is 0 Å². The monoisotopic (exact) mass is 443 g/mol. The van der Waals surface area contributed by atoms with E-state index < -0.39 is 5.82 Å². The molecule has 5 nitrogen and oxygen atoms in total. The molecule has 1 heterocycles. The van der Waals surface area contributed by atoms with Crippen LogP contribution in [0.25, 0.3) is 11.3 Å². The number of anilines is 2. The van der Waals surface area contributed by atoms with E-state index in [0.717, 1.165) is 34.1 Å². The lowest BCUT2D eigenvalue weighted by Gasteiger charge is -2.08. The van der Waals surface area contributed by atoms with E-state index >= 15 is 0 Å². The van der Waals surface area contributed by atoms with Crippen LogP contribution < -0.4 is 10.6 Å². The first-order valence-corrected chi connectivity index (χ1v) is 11.3. The molecule has 0 aliphatic carbocycles. The van der Waals surface area contributed by atoms with Gasteiger partial charge in [-0.2, -0.15) is 0 Å². The van der Waals surface area contributed by atoms with Crippen molar-refractivity contribution in [3.8, 4) is 11.3 Å². The number of benzene rings is 2. The molecule has 0 fully saturated rings. The van der Waals surface area contributed by atoms with Gasteiger partial charge in [0.25, 0.3) is 0 Å². The van der Waals surface area contributed by atoms with Gasteiger partial charge in [0.15, 0.2) is 5.13 Å². The number of para-hydroxylation sites is 1. The molecule has 2 N–H and O–H groups in total. The third kappa shape index (κ3) is 5.67. The van der Waals surface area contributed by atoms with Crippen LogP contribution >= 0.6 is 23.1 Å². The lowest BCUT2D eigenvalue weighted by Crippen LogP contribution is -2.18. The zero-order valence-electron chi connectivity index (χ0n) is 16.9. The first-order valence-electron chi connectivity index (χ1n) is 9.29. The summed E-state index contributed by atoms with van der Waals surface area (Å²) in [5.74, 6) is -0.946. The second-order valence-corrected chi connectivity index (χ2v) is 8.72. The second-order valence-electron chi connectivity index (χ2n) is 6.88. The number of hydrogen-bond acceptors (Lipinski definition) is 5. The molecule has 2 aromatic carbocycles. The highest BCUT2D eigenvalue weighted by molar-refractivity contribution is 8.00. The summed E-state index contributed by atoms with van der Waals surface area (Å²) in [6, 6.07) is 10.2. The van der Waals surface area contributed by atoms with Gasteiger partial charge in [-0.3, -0.25) is 9.59 Å². The Hall–Kier alpha value is -2.71. The Morgan fingerprint density at radius 2 is 1.67 bits per heavy atom. The normalized spacial score (nSPS) is 10.7. The fourth-order valence-electron chi connectivity index (χ4n) is 3.17. The first kappa shape index (κ1) is 22.0. The molecule has 1 aromatic heterocycles. The average Bonchev–Trinajstić information content (AvgIpc) is 3.10. The standard InChI is InChI=1S/C22H22FN3O2S2/c1-13-8-14(2)21(15(3)9-13)18-10-30-22(25-18)26-20(28)12-29-11-19(27)24-17-7-5-4-6-16(17)23/h4-10H,11-12H2,1-3H3,(H,24,27)(H,25,26,28). The van der Waals surface area contributed by atoms with Crippen molar-refractivity contribution in [2.24, 2.45) is 0 Å². The van der Waals surface area contributed by atoms with Crippen molar-refractivity contribution in [3.63, 3.8) is 0 Å². The summed E-state index contributed by atoms with van der Waals surface area (Å²) in [6.45, 7) is 6.16. The van der Waals surface area contributed by atoms with Crippen molar-refractivity contribution < 1.29 is 14.0 Å². The van der Waals surface area contributed by atoms with Crippen molar-refractivity contribution in [2.45, 2.75) is 20.8 Å². The highest BCUT2D eigenvalue weighted by Crippen LogP contribution is 2.31. The molecule has 156 valence electrons. The number of carbonyl (C=O) groups excluding carboxylic acids is 2. The van der Waals surface area contributed by atoms with Crippen molar-refractivity contribution in [2.75, 3.05) is 22.1 Å². The van der Waals surface area contributed by atoms with Crippen LogP contribution in [0.4, 0.5) is 15.2 Å². The number of nitrogens with zero attached hydrogens (tertiary/aromatic N) is 1. The van der Waals surface area contributed by atoms with Gasteiger partial charge in [-0.05, 0) is 44.0 Å². The van der Waals surface area contributed by atoms with Gasteiger partial charge in [0.1, 0.15) is 5.82 Å². The maximum atomic E-state index is 13.5. The number of hydrogen-bond donors (Lipinski definition) is 2. The van der Waals surface area contributed by atoms with Gasteiger partial charge >= 0.3 is 0 Å². The largest absolute Gasteiger partial charge is 0.323 e. The molecular formula is C22H22FN3O2S2. The van der Waals surface area contributed by atoms with Crippen LogP contribution in [0.5, 0.6) is 0 Å². The summed E-state index contributed by atoms with van der Waals surface area (Å²) in [5, 5.41) is 7.71. The Morgan fingerprint density at radius 3 is 2.33 bits per heavy atom. The maximum absolute atomic E-state index is 13.5. The van der Waals surface area contributed by atoms with Gasteiger partial charge < -0.3 is 10.6 Å². The summed E-state index contributed by atoms with van der Waals surface area (Å²) < 4.78 is 13.5. The van der Waals surface area contributed by atoms with E-state index in [9.17, 15) is 14.0 Å². The van der Waals surface area contributed by atoms with Crippen LogP contribution in [0.15, 0.2) is 41.8 Å². The molecule has 8 heteroatoms. The molecule has 2 amide bonds. The first-order chi connectivity index (χ1) is 14.3. The number of amides is 2. The quantitative estimate of drug-likeness (QED) is 0.528. The Labute approximate surface area is 183 Å². The topological polar surface area (TPSA) is 71.1 Å². The highest BCUT2D eigenvalue weighted by atomic mass is 32.2. The summed E-state index contributed by atoms with van der Waals surface area (Å²) in [7, 11) is 0. The molecule has 0 unspecified atom stereocenters. The number of rotatable bonds is 7. The molecule has 0 aliphatic heterocycles. The Balaban J connectivity index is 1.50. The number of thiazole rings is 1. The van der Waals surface area contributed by atoms with Crippen molar-refractivity contribution >= 4 is 45.7 Å². The Bertz CT molecular complexity index is 1060. The predicted octanol–water partition coefficient (Wildman–Crippen LogP) is 5.18. The van der Waals surface area contributed by atoms with E-state index in [2.05, 4.69) is 48.5 Å². The zero-order valence-corrected chi connectivity index (χ0v) is 18.5. The van der Waals surface area contributed by atoms with Gasteiger partial charge in [-0.15, -0.1) is 23.1 Å². The molecule has 0 saturated carbocycles. The predicted molar refractivity (Wildman–Crippen MR) is 123 cm³/mol. The number of nitrogens with one attached hydrogen (secondary N) is 2. The van der Waals surface area contributed by atoms with Crippen molar-refractivity contribution in [1.82, 2.24) is 4.98 Å². The number of carbonyl (C=O) groups is 2. The minimum absolute atomic E-state index is 0.0482. The second kappa shape index (κ2) is 9.86. The number of halogens is 1. The van der Waals surface area contributed by atoms with Crippen LogP contribution in [-0.4, -0.2) is 28.3 Å². The molecule has 3 aromatic rings. The van der Waals surface area contributed by atoms with Gasteiger partial charge in [0, 0.05) is 10.9 Å². The summed E-state index contributed by atoms with van der Waals surface area (Å²) in [4.78, 5) is 28.6. The van der Waals surface area contributed by atoms with Crippen molar-refractivity contribution in [3.05, 3.63) is 64.3 Å². The van der Waals surface area contributed by atoms with Crippen LogP contribution in [-0.2, 0) is 9.59 Å². The Kier molecular flexibility index (Phi) is 7.23. The molecule has 0 aliphatic rings. The summed E-state index contributed by atoms with van der Waals surface area (Å²) in [6.07, 6.45) is 0. The van der Waals surface area contributed by atoms with Crippen LogP contribution in [0, 0.1) is 26.6 Å². The fraction of sp³-hybridized carbons (Fsp3) is 0.227. The molecule has 0 bridgehead atoms. The van der Waals surface area contributed by atoms with Gasteiger partial charge in [0.05, 0.1) is 22.9 Å². The molecule has 0 saturated heterocycles. The smallest absolute Gasteiger partial charge is 0.236 e. The average molecular weight is 444 g/mol. The lowest BCUT2D eigenvalue weighted by molar-refractivity contribution is -0.114. The summed E-state index contributed by atoms with van der Waals surface area (Å²) >= 11 is 2.52. The molecular weight excluding hydrogens is 421 g/mol. The minimum Gasteiger partial charge on any atom is -0.323 e. The Morgan fingerprint density at radius 1 is 1.03 bits per heavy atom. The molecule has 30 heavy (non-hydrogen) atoms. The molecule has 0 spiro atoms. The summed E-state index contributed by atoms with van der Waals surface area (Å²) in [5.41, 5.74) is 5.54. The third-order valence-electron chi connectivity index (χ3n) is 4.30. The fourth-order valence-corrected chi connectivity index (χ4v) is 4.51. The molecule has 0 atom stereocenters. The zero-order chi connectivity index (χ0) is 21.7. The van der Waals surface area contributed by atoms with Crippen LogP contribution in [0.1, 0.15) is 16.7 Å². The number of aromatic nitrogens is 1. The molecule has 0 radical (unpaired) electrons. The number of aryl methyl sites for hydroxylation is 3. The van der Waals surface area contributed by atoms with Crippen LogP contribution in [0.3, 0.4) is 0 Å². The van der Waals surface area contributed by atoms with E-state index in [1.165, 1.54) is 29.0 Å². The van der Waals surface area contributed by atoms with Gasteiger partial charge in [-0.25, -0.2) is 9.37 Å². The molecule has 3 rings (SSSR count). The lowest BCUT2D eigenvalue weighted by atomic mass is 9.98. The minimum atomic E-state index is -0.493. The highest BCUT2D eigenvalue weighted by Gasteiger charge is 2.13. The third-order valence-corrected chi connectivity index (χ3v) is 5.99.